The molecule has 2 fully saturated rings. The standard InChI is InChI=1S/C22H24N4O5/c1-10-4-6-12(7-5-10)24-16-11(2)18(27)17-15(19(16)28)13(9-31-21(23)29)22(30-3)20-14(25-20)8-26(17)22/h4-7,13-14,20,24-25H,8-9H2,1-3H3,(H2,23,29). The highest BCUT2D eigenvalue weighted by Crippen LogP contribution is 2.55. The number of methoxy groups -OCH3 is 1. The molecule has 3 heterocycles. The van der Waals surface area contributed by atoms with Crippen LogP contribution in [-0.4, -0.2) is 60.6 Å². The summed E-state index contributed by atoms with van der Waals surface area (Å²) in [5.41, 5.74) is 7.24. The summed E-state index contributed by atoms with van der Waals surface area (Å²) in [5, 5.41) is 6.46. The van der Waals surface area contributed by atoms with Crippen molar-refractivity contribution in [3.8, 4) is 0 Å². The third-order valence-corrected chi connectivity index (χ3v) is 6.75. The van der Waals surface area contributed by atoms with E-state index < -0.39 is 17.7 Å². The SMILES string of the molecule is COC12C(COC(N)=O)C3=C(C(=O)C(C)=C(Nc4ccc(C)cc4)C3=O)N1CC1NC12. The molecule has 162 valence electrons. The number of aryl methyl sites for hydroxylation is 1. The minimum Gasteiger partial charge on any atom is -0.449 e. The van der Waals surface area contributed by atoms with Crippen LogP contribution >= 0.6 is 0 Å². The quantitative estimate of drug-likeness (QED) is 0.467. The Balaban J connectivity index is 1.56. The van der Waals surface area contributed by atoms with E-state index in [9.17, 15) is 14.4 Å². The minimum atomic E-state index is -0.976. The van der Waals surface area contributed by atoms with Crippen LogP contribution in [0.5, 0.6) is 0 Å². The van der Waals surface area contributed by atoms with Gasteiger partial charge in [-0.25, -0.2) is 4.79 Å². The Hall–Kier alpha value is -3.17. The van der Waals surface area contributed by atoms with Crippen LogP contribution < -0.4 is 16.4 Å². The summed E-state index contributed by atoms with van der Waals surface area (Å²) in [6.45, 7) is 4.01. The zero-order chi connectivity index (χ0) is 22.1. The first-order valence-electron chi connectivity index (χ1n) is 10.2. The molecule has 5 rings (SSSR count). The molecule has 4 N–H and O–H groups in total. The van der Waals surface area contributed by atoms with Gasteiger partial charge in [-0.05, 0) is 26.0 Å². The molecule has 4 aliphatic rings. The Morgan fingerprint density at radius 3 is 2.61 bits per heavy atom. The first kappa shape index (κ1) is 19.8. The van der Waals surface area contributed by atoms with Crippen LogP contribution in [0.2, 0.25) is 0 Å². The highest BCUT2D eigenvalue weighted by molar-refractivity contribution is 6.26. The van der Waals surface area contributed by atoms with Gasteiger partial charge in [0.1, 0.15) is 6.61 Å². The molecule has 1 amide bonds. The number of Topliss-reactive ketones (excluding diaryl/α,β-unsaturated/α-hetero) is 2. The van der Waals surface area contributed by atoms with E-state index in [-0.39, 0.29) is 36.0 Å². The van der Waals surface area contributed by atoms with Crippen molar-refractivity contribution in [2.45, 2.75) is 31.7 Å². The zero-order valence-electron chi connectivity index (χ0n) is 17.5. The van der Waals surface area contributed by atoms with Crippen LogP contribution in [0.3, 0.4) is 0 Å². The lowest BCUT2D eigenvalue weighted by atomic mass is 9.82. The first-order valence-corrected chi connectivity index (χ1v) is 10.2. The Bertz CT molecular complexity index is 1080. The number of allylic oxidation sites excluding steroid dienone is 2. The summed E-state index contributed by atoms with van der Waals surface area (Å²) < 4.78 is 11.1. The van der Waals surface area contributed by atoms with Gasteiger partial charge in [-0.3, -0.25) is 9.59 Å². The maximum atomic E-state index is 13.7. The van der Waals surface area contributed by atoms with Crippen molar-refractivity contribution >= 4 is 23.3 Å². The molecule has 4 atom stereocenters. The number of hydrogen-bond donors (Lipinski definition) is 3. The molecule has 0 saturated carbocycles. The predicted molar refractivity (Wildman–Crippen MR) is 111 cm³/mol. The van der Waals surface area contributed by atoms with Crippen LogP contribution in [0.25, 0.3) is 0 Å². The fourth-order valence-electron chi connectivity index (χ4n) is 5.22. The van der Waals surface area contributed by atoms with Gasteiger partial charge in [0.2, 0.25) is 11.6 Å². The highest BCUT2D eigenvalue weighted by atomic mass is 16.6. The van der Waals surface area contributed by atoms with E-state index in [1.807, 2.05) is 36.1 Å². The molecule has 9 nitrogen and oxygen atoms in total. The lowest BCUT2D eigenvalue weighted by Gasteiger charge is -2.39. The number of nitrogens with zero attached hydrogens (tertiary/aromatic N) is 1. The summed E-state index contributed by atoms with van der Waals surface area (Å²) >= 11 is 0. The van der Waals surface area contributed by atoms with Crippen molar-refractivity contribution < 1.29 is 23.9 Å². The fraction of sp³-hybridized carbons (Fsp3) is 0.409. The maximum Gasteiger partial charge on any atom is 0.404 e. The number of ketones is 2. The van der Waals surface area contributed by atoms with Crippen molar-refractivity contribution in [3.63, 3.8) is 0 Å². The topological polar surface area (TPSA) is 133 Å². The number of benzene rings is 1. The Morgan fingerprint density at radius 2 is 1.97 bits per heavy atom. The van der Waals surface area contributed by atoms with Gasteiger partial charge in [0.05, 0.1) is 23.4 Å². The minimum absolute atomic E-state index is 0.0704. The second-order valence-corrected chi connectivity index (χ2v) is 8.41. The summed E-state index contributed by atoms with van der Waals surface area (Å²) in [6.07, 6.45) is -0.940. The van der Waals surface area contributed by atoms with Gasteiger partial charge < -0.3 is 30.7 Å². The number of rotatable bonds is 5. The molecule has 4 unspecified atom stereocenters. The lowest BCUT2D eigenvalue weighted by molar-refractivity contribution is -0.137. The normalized spacial score (nSPS) is 30.9. The van der Waals surface area contributed by atoms with Crippen LogP contribution in [-0.2, 0) is 19.1 Å². The summed E-state index contributed by atoms with van der Waals surface area (Å²) in [6, 6.07) is 7.64. The third-order valence-electron chi connectivity index (χ3n) is 6.75. The van der Waals surface area contributed by atoms with E-state index in [0.717, 1.165) is 5.56 Å². The molecule has 3 aliphatic heterocycles. The number of anilines is 1. The van der Waals surface area contributed by atoms with Crippen molar-refractivity contribution in [3.05, 3.63) is 52.4 Å². The van der Waals surface area contributed by atoms with Gasteiger partial charge in [0, 0.05) is 36.5 Å². The van der Waals surface area contributed by atoms with E-state index in [1.54, 1.807) is 14.0 Å². The van der Waals surface area contributed by atoms with Gasteiger partial charge in [-0.1, -0.05) is 17.7 Å². The van der Waals surface area contributed by atoms with Crippen LogP contribution in [0, 0.1) is 12.8 Å². The van der Waals surface area contributed by atoms with Gasteiger partial charge in [0.15, 0.2) is 5.72 Å². The Labute approximate surface area is 179 Å². The highest BCUT2D eigenvalue weighted by Gasteiger charge is 2.72. The average Bonchev–Trinajstić information content (AvgIpc) is 3.35. The van der Waals surface area contributed by atoms with Gasteiger partial charge >= 0.3 is 6.09 Å². The summed E-state index contributed by atoms with van der Waals surface area (Å²) in [5.74, 6) is -1.17. The zero-order valence-corrected chi connectivity index (χ0v) is 17.5. The number of piperazine rings is 1. The number of nitrogens with two attached hydrogens (primary N) is 1. The summed E-state index contributed by atoms with van der Waals surface area (Å²) in [4.78, 5) is 40.4. The molecule has 0 radical (unpaired) electrons. The average molecular weight is 424 g/mol. The third kappa shape index (κ3) is 2.66. The first-order chi connectivity index (χ1) is 14.8. The van der Waals surface area contributed by atoms with Crippen molar-refractivity contribution in [2.75, 3.05) is 25.6 Å². The van der Waals surface area contributed by atoms with E-state index in [4.69, 9.17) is 15.2 Å². The summed E-state index contributed by atoms with van der Waals surface area (Å²) in [7, 11) is 1.55. The Kier molecular flexibility index (Phi) is 4.25. The van der Waals surface area contributed by atoms with E-state index in [0.29, 0.717) is 29.1 Å². The number of ether oxygens (including phenoxy) is 2. The number of amides is 1. The molecule has 0 spiro atoms. The molecule has 9 heteroatoms. The number of hydrogen-bond acceptors (Lipinski definition) is 8. The van der Waals surface area contributed by atoms with Crippen LogP contribution in [0.15, 0.2) is 46.8 Å². The number of carbonyl (C=O) groups excluding carboxylic acids is 3. The van der Waals surface area contributed by atoms with Crippen molar-refractivity contribution in [1.29, 1.82) is 0 Å². The van der Waals surface area contributed by atoms with Crippen LogP contribution in [0.4, 0.5) is 10.5 Å². The van der Waals surface area contributed by atoms with E-state index in [2.05, 4.69) is 10.6 Å². The second-order valence-electron chi connectivity index (χ2n) is 8.41. The van der Waals surface area contributed by atoms with Crippen LogP contribution in [0.1, 0.15) is 12.5 Å². The molecular weight excluding hydrogens is 400 g/mol. The van der Waals surface area contributed by atoms with Gasteiger partial charge in [-0.2, -0.15) is 0 Å². The molecule has 1 aromatic carbocycles. The number of carbonyl (C=O) groups is 3. The molecule has 0 bridgehead atoms. The molecule has 1 aliphatic carbocycles. The van der Waals surface area contributed by atoms with Crippen molar-refractivity contribution in [2.24, 2.45) is 11.7 Å². The van der Waals surface area contributed by atoms with E-state index >= 15 is 0 Å². The Morgan fingerprint density at radius 1 is 1.26 bits per heavy atom. The van der Waals surface area contributed by atoms with Crippen molar-refractivity contribution in [1.82, 2.24) is 10.2 Å². The smallest absolute Gasteiger partial charge is 0.404 e. The second kappa shape index (κ2) is 6.66. The van der Waals surface area contributed by atoms with E-state index in [1.165, 1.54) is 0 Å². The number of fused-ring (bicyclic) bond motifs is 4. The number of primary amides is 1. The predicted octanol–water partition coefficient (Wildman–Crippen LogP) is 0.811. The number of nitrogens with one attached hydrogen (secondary N) is 2. The lowest BCUT2D eigenvalue weighted by Crippen LogP contribution is -2.55. The monoisotopic (exact) mass is 424 g/mol. The largest absolute Gasteiger partial charge is 0.449 e. The fourth-order valence-corrected chi connectivity index (χ4v) is 5.22. The molecular formula is C22H24N4O5. The maximum absolute atomic E-state index is 13.7. The molecule has 0 aromatic heterocycles. The van der Waals surface area contributed by atoms with Gasteiger partial charge in [-0.15, -0.1) is 0 Å². The molecule has 31 heavy (non-hydrogen) atoms. The van der Waals surface area contributed by atoms with Gasteiger partial charge in [0.25, 0.3) is 0 Å². The molecule has 1 aromatic rings. The molecule has 2 saturated heterocycles.